The van der Waals surface area contributed by atoms with E-state index in [2.05, 4.69) is 10.5 Å². The van der Waals surface area contributed by atoms with Crippen LogP contribution in [0.15, 0.2) is 70.8 Å². The second kappa shape index (κ2) is 7.87. The summed E-state index contributed by atoms with van der Waals surface area (Å²) in [5, 5.41) is 13.2. The van der Waals surface area contributed by atoms with E-state index in [1.54, 1.807) is 24.3 Å². The van der Waals surface area contributed by atoms with Gasteiger partial charge in [-0.1, -0.05) is 29.3 Å². The van der Waals surface area contributed by atoms with Crippen LogP contribution in [-0.2, 0) is 10.0 Å². The van der Waals surface area contributed by atoms with Crippen LogP contribution in [-0.4, -0.2) is 29.6 Å². The molecule has 0 spiro atoms. The van der Waals surface area contributed by atoms with Crippen LogP contribution in [0.2, 0.25) is 5.02 Å². The molecule has 1 heterocycles. The lowest BCUT2D eigenvalue weighted by Gasteiger charge is -2.08. The quantitative estimate of drug-likeness (QED) is 0.491. The summed E-state index contributed by atoms with van der Waals surface area (Å²) in [6.45, 7) is 1.87. The number of aromatic nitrogens is 1. The Morgan fingerprint density at radius 3 is 2.57 bits per heavy atom. The highest BCUT2D eigenvalue weighted by molar-refractivity contribution is 7.90. The third-order valence-corrected chi connectivity index (χ3v) is 5.91. The van der Waals surface area contributed by atoms with Crippen LogP contribution < -0.4 is 5.43 Å². The molecular formula is C19H16ClN3O4S. The predicted molar refractivity (Wildman–Crippen MR) is 106 cm³/mol. The molecular weight excluding hydrogens is 402 g/mol. The Labute approximate surface area is 166 Å². The number of hydrazone groups is 1. The van der Waals surface area contributed by atoms with Gasteiger partial charge in [0.15, 0.2) is 0 Å². The monoisotopic (exact) mass is 417 g/mol. The molecule has 0 aliphatic heterocycles. The van der Waals surface area contributed by atoms with Crippen molar-refractivity contribution >= 4 is 33.7 Å². The molecule has 3 rings (SSSR count). The average molecular weight is 418 g/mol. The van der Waals surface area contributed by atoms with E-state index in [1.807, 2.05) is 6.92 Å². The Balaban J connectivity index is 1.79. The molecule has 0 unspecified atom stereocenters. The van der Waals surface area contributed by atoms with E-state index in [1.165, 1.54) is 42.7 Å². The zero-order valence-corrected chi connectivity index (χ0v) is 16.3. The average Bonchev–Trinajstić information content (AvgIpc) is 3.13. The Morgan fingerprint density at radius 2 is 1.89 bits per heavy atom. The van der Waals surface area contributed by atoms with Gasteiger partial charge in [0.25, 0.3) is 15.9 Å². The summed E-state index contributed by atoms with van der Waals surface area (Å²) in [6.07, 6.45) is 2.63. The van der Waals surface area contributed by atoms with Gasteiger partial charge in [-0.3, -0.25) is 4.79 Å². The second-order valence-corrected chi connectivity index (χ2v) is 8.13. The highest BCUT2D eigenvalue weighted by atomic mass is 35.5. The number of aromatic hydroxyl groups is 1. The Hall–Kier alpha value is -3.10. The molecule has 28 heavy (non-hydrogen) atoms. The van der Waals surface area contributed by atoms with Crippen molar-refractivity contribution in [2.75, 3.05) is 0 Å². The smallest absolute Gasteiger partial charge is 0.271 e. The van der Waals surface area contributed by atoms with Crippen LogP contribution in [0.25, 0.3) is 0 Å². The van der Waals surface area contributed by atoms with Gasteiger partial charge in [0.2, 0.25) is 0 Å². The highest BCUT2D eigenvalue weighted by Crippen LogP contribution is 2.23. The van der Waals surface area contributed by atoms with Crippen LogP contribution >= 0.6 is 11.6 Å². The van der Waals surface area contributed by atoms with Crippen molar-refractivity contribution in [2.45, 2.75) is 11.8 Å². The zero-order chi connectivity index (χ0) is 20.3. The standard InChI is InChI=1S/C19H16ClN3O4S/c1-13-4-7-16(8-5-13)28(26,27)23-10-2-3-15(23)12-21-22-19(25)14-6-9-18(24)17(20)11-14/h2-12,24H,1H3,(H,22,25). The summed E-state index contributed by atoms with van der Waals surface area (Å²) >= 11 is 5.77. The summed E-state index contributed by atoms with van der Waals surface area (Å²) in [4.78, 5) is 12.2. The van der Waals surface area contributed by atoms with Crippen molar-refractivity contribution in [1.82, 2.24) is 9.40 Å². The van der Waals surface area contributed by atoms with Gasteiger partial charge in [-0.2, -0.15) is 5.10 Å². The van der Waals surface area contributed by atoms with Crippen molar-refractivity contribution in [3.8, 4) is 5.75 Å². The number of nitrogens with one attached hydrogen (secondary N) is 1. The predicted octanol–water partition coefficient (Wildman–Crippen LogP) is 3.16. The summed E-state index contributed by atoms with van der Waals surface area (Å²) < 4.78 is 26.7. The Kier molecular flexibility index (Phi) is 5.53. The van der Waals surface area contributed by atoms with Gasteiger partial charge in [0, 0.05) is 11.8 Å². The largest absolute Gasteiger partial charge is 0.506 e. The molecule has 0 radical (unpaired) electrons. The number of benzene rings is 2. The minimum absolute atomic E-state index is 0.0368. The van der Waals surface area contributed by atoms with E-state index >= 15 is 0 Å². The molecule has 0 atom stereocenters. The molecule has 2 N–H and O–H groups in total. The lowest BCUT2D eigenvalue weighted by atomic mass is 10.2. The number of hydrogen-bond acceptors (Lipinski definition) is 5. The maximum atomic E-state index is 12.8. The molecule has 2 aromatic carbocycles. The summed E-state index contributed by atoms with van der Waals surface area (Å²) in [6, 6.07) is 13.6. The molecule has 0 aliphatic carbocycles. The first-order valence-corrected chi connectivity index (χ1v) is 9.92. The molecule has 0 aliphatic rings. The molecule has 1 amide bonds. The molecule has 3 aromatic rings. The number of amides is 1. The first-order valence-electron chi connectivity index (χ1n) is 8.10. The number of rotatable bonds is 5. The minimum atomic E-state index is -3.79. The molecule has 0 saturated carbocycles. The van der Waals surface area contributed by atoms with Crippen LogP contribution in [0.1, 0.15) is 21.6 Å². The van der Waals surface area contributed by atoms with Gasteiger partial charge in [-0.05, 0) is 49.4 Å². The fourth-order valence-corrected chi connectivity index (χ4v) is 3.90. The van der Waals surface area contributed by atoms with E-state index < -0.39 is 15.9 Å². The number of halogens is 1. The van der Waals surface area contributed by atoms with Crippen LogP contribution in [0, 0.1) is 6.92 Å². The lowest BCUT2D eigenvalue weighted by Crippen LogP contribution is -2.19. The molecule has 0 saturated heterocycles. The van der Waals surface area contributed by atoms with E-state index in [0.29, 0.717) is 0 Å². The van der Waals surface area contributed by atoms with E-state index in [9.17, 15) is 18.3 Å². The fourth-order valence-electron chi connectivity index (χ4n) is 2.39. The zero-order valence-electron chi connectivity index (χ0n) is 14.7. The van der Waals surface area contributed by atoms with Crippen molar-refractivity contribution < 1.29 is 18.3 Å². The summed E-state index contributed by atoms with van der Waals surface area (Å²) in [5.41, 5.74) is 3.71. The van der Waals surface area contributed by atoms with Gasteiger partial charge in [0.05, 0.1) is 21.8 Å². The fraction of sp³-hybridized carbons (Fsp3) is 0.0526. The van der Waals surface area contributed by atoms with Crippen LogP contribution in [0.5, 0.6) is 5.75 Å². The number of phenols is 1. The Morgan fingerprint density at radius 1 is 1.18 bits per heavy atom. The number of nitrogens with zero attached hydrogens (tertiary/aromatic N) is 2. The number of hydrogen-bond donors (Lipinski definition) is 2. The third-order valence-electron chi connectivity index (χ3n) is 3.89. The van der Waals surface area contributed by atoms with Gasteiger partial charge in [-0.15, -0.1) is 0 Å². The molecule has 0 bridgehead atoms. The minimum Gasteiger partial charge on any atom is -0.506 e. The van der Waals surface area contributed by atoms with Crippen molar-refractivity contribution in [2.24, 2.45) is 5.10 Å². The topological polar surface area (TPSA) is 101 Å². The molecule has 144 valence electrons. The maximum Gasteiger partial charge on any atom is 0.271 e. The van der Waals surface area contributed by atoms with E-state index in [4.69, 9.17) is 11.6 Å². The molecule has 9 heteroatoms. The first-order chi connectivity index (χ1) is 13.3. The van der Waals surface area contributed by atoms with Crippen molar-refractivity contribution in [3.05, 3.63) is 82.6 Å². The second-order valence-electron chi connectivity index (χ2n) is 5.91. The Bertz CT molecular complexity index is 1150. The van der Waals surface area contributed by atoms with E-state index in [-0.39, 0.29) is 26.9 Å². The molecule has 7 nitrogen and oxygen atoms in total. The van der Waals surface area contributed by atoms with Crippen LogP contribution in [0.4, 0.5) is 0 Å². The lowest BCUT2D eigenvalue weighted by molar-refractivity contribution is 0.0955. The summed E-state index contributed by atoms with van der Waals surface area (Å²) in [7, 11) is -3.79. The normalized spacial score (nSPS) is 11.6. The van der Waals surface area contributed by atoms with Gasteiger partial charge in [-0.25, -0.2) is 17.8 Å². The van der Waals surface area contributed by atoms with Crippen molar-refractivity contribution in [3.63, 3.8) is 0 Å². The molecule has 1 aromatic heterocycles. The highest BCUT2D eigenvalue weighted by Gasteiger charge is 2.18. The number of aryl methyl sites for hydroxylation is 1. The number of carbonyl (C=O) groups excluding carboxylic acids is 1. The van der Waals surface area contributed by atoms with Crippen molar-refractivity contribution in [1.29, 1.82) is 0 Å². The SMILES string of the molecule is Cc1ccc(S(=O)(=O)n2cccc2C=NNC(=O)c2ccc(O)c(Cl)c2)cc1. The first kappa shape index (κ1) is 19.7. The van der Waals surface area contributed by atoms with E-state index in [0.717, 1.165) is 9.54 Å². The maximum absolute atomic E-state index is 12.8. The third kappa shape index (κ3) is 4.08. The van der Waals surface area contributed by atoms with Gasteiger partial charge in [0.1, 0.15) is 5.75 Å². The number of phenolic OH excluding ortho intramolecular Hbond substituents is 1. The summed E-state index contributed by atoms with van der Waals surface area (Å²) in [5.74, 6) is -0.696. The molecule has 0 fully saturated rings. The van der Waals surface area contributed by atoms with Crippen LogP contribution in [0.3, 0.4) is 0 Å². The van der Waals surface area contributed by atoms with Gasteiger partial charge >= 0.3 is 0 Å². The number of carbonyl (C=O) groups is 1. The van der Waals surface area contributed by atoms with Gasteiger partial charge < -0.3 is 5.11 Å².